The Labute approximate surface area is 136 Å². The zero-order chi connectivity index (χ0) is 15.8. The highest BCUT2D eigenvalue weighted by atomic mass is 35.5. The van der Waals surface area contributed by atoms with Crippen LogP contribution in [0.15, 0.2) is 48.5 Å². The zero-order valence-corrected chi connectivity index (χ0v) is 13.4. The van der Waals surface area contributed by atoms with E-state index >= 15 is 0 Å². The fourth-order valence-corrected chi connectivity index (χ4v) is 2.24. The van der Waals surface area contributed by atoms with Crippen LogP contribution in [-0.2, 0) is 0 Å². The third kappa shape index (κ3) is 4.78. The van der Waals surface area contributed by atoms with Crippen molar-refractivity contribution in [1.29, 1.82) is 0 Å². The Morgan fingerprint density at radius 3 is 2.50 bits per heavy atom. The average Bonchev–Trinajstić information content (AvgIpc) is 2.53. The summed E-state index contributed by atoms with van der Waals surface area (Å²) in [6.07, 6.45) is 3.41. The largest absolute Gasteiger partial charge is 0.494 e. The second kappa shape index (κ2) is 8.44. The topological polar surface area (TPSA) is 38.3 Å². The molecule has 0 aliphatic carbocycles. The normalized spacial score (nSPS) is 10.3. The van der Waals surface area contributed by atoms with E-state index in [0.29, 0.717) is 16.3 Å². The second-order valence-electron chi connectivity index (χ2n) is 5.01. The summed E-state index contributed by atoms with van der Waals surface area (Å²) in [6, 6.07) is 14.3. The SMILES string of the molecule is CCCCCOc1ccc(NC(=O)c2ccccc2Cl)cc1. The van der Waals surface area contributed by atoms with Crippen molar-refractivity contribution in [3.8, 4) is 5.75 Å². The van der Waals surface area contributed by atoms with Crippen LogP contribution in [-0.4, -0.2) is 12.5 Å². The molecule has 0 atom stereocenters. The van der Waals surface area contributed by atoms with Crippen LogP contribution in [0.3, 0.4) is 0 Å². The maximum absolute atomic E-state index is 12.1. The van der Waals surface area contributed by atoms with Gasteiger partial charge >= 0.3 is 0 Å². The minimum atomic E-state index is -0.220. The summed E-state index contributed by atoms with van der Waals surface area (Å²) in [5.41, 5.74) is 1.18. The first-order valence-corrected chi connectivity index (χ1v) is 7.87. The zero-order valence-electron chi connectivity index (χ0n) is 12.6. The standard InChI is InChI=1S/C18H20ClNO2/c1-2-3-6-13-22-15-11-9-14(10-12-15)20-18(21)16-7-4-5-8-17(16)19/h4-5,7-12H,2-3,6,13H2,1H3,(H,20,21). The minimum Gasteiger partial charge on any atom is -0.494 e. The van der Waals surface area contributed by atoms with Gasteiger partial charge in [-0.3, -0.25) is 4.79 Å². The molecule has 0 fully saturated rings. The Kier molecular flexibility index (Phi) is 6.28. The van der Waals surface area contributed by atoms with Crippen molar-refractivity contribution in [1.82, 2.24) is 0 Å². The van der Waals surface area contributed by atoms with Crippen LogP contribution in [0.4, 0.5) is 5.69 Å². The van der Waals surface area contributed by atoms with Crippen molar-refractivity contribution in [3.05, 3.63) is 59.1 Å². The predicted octanol–water partition coefficient (Wildman–Crippen LogP) is 5.16. The first kappa shape index (κ1) is 16.4. The van der Waals surface area contributed by atoms with E-state index in [2.05, 4.69) is 12.2 Å². The van der Waals surface area contributed by atoms with E-state index in [9.17, 15) is 4.79 Å². The summed E-state index contributed by atoms with van der Waals surface area (Å²) in [5, 5.41) is 3.26. The van der Waals surface area contributed by atoms with Gasteiger partial charge in [0.25, 0.3) is 5.91 Å². The molecule has 0 bridgehead atoms. The van der Waals surface area contributed by atoms with Crippen molar-refractivity contribution >= 4 is 23.2 Å². The molecule has 0 radical (unpaired) electrons. The lowest BCUT2D eigenvalue weighted by molar-refractivity contribution is 0.102. The van der Waals surface area contributed by atoms with Gasteiger partial charge in [-0.2, -0.15) is 0 Å². The molecule has 2 aromatic carbocycles. The van der Waals surface area contributed by atoms with E-state index in [1.807, 2.05) is 24.3 Å². The summed E-state index contributed by atoms with van der Waals surface area (Å²) in [4.78, 5) is 12.1. The molecule has 1 amide bonds. The molecule has 3 nitrogen and oxygen atoms in total. The Morgan fingerprint density at radius 1 is 1.09 bits per heavy atom. The number of hydrogen-bond acceptors (Lipinski definition) is 2. The number of benzene rings is 2. The molecular weight excluding hydrogens is 298 g/mol. The van der Waals surface area contributed by atoms with Crippen molar-refractivity contribution in [2.24, 2.45) is 0 Å². The Hall–Kier alpha value is -2.00. The molecule has 0 aliphatic rings. The quantitative estimate of drug-likeness (QED) is 0.716. The lowest BCUT2D eigenvalue weighted by atomic mass is 10.2. The molecule has 0 unspecified atom stereocenters. The number of rotatable bonds is 7. The maximum Gasteiger partial charge on any atom is 0.257 e. The van der Waals surface area contributed by atoms with Crippen molar-refractivity contribution in [3.63, 3.8) is 0 Å². The first-order chi connectivity index (χ1) is 10.7. The number of carbonyl (C=O) groups is 1. The monoisotopic (exact) mass is 317 g/mol. The summed E-state index contributed by atoms with van der Waals surface area (Å²) >= 11 is 6.01. The van der Waals surface area contributed by atoms with Crippen LogP contribution in [0.25, 0.3) is 0 Å². The average molecular weight is 318 g/mol. The van der Waals surface area contributed by atoms with Gasteiger partial charge in [-0.1, -0.05) is 43.5 Å². The van der Waals surface area contributed by atoms with Crippen LogP contribution in [0.5, 0.6) is 5.75 Å². The molecule has 0 saturated carbocycles. The van der Waals surface area contributed by atoms with Gasteiger partial charge in [0.1, 0.15) is 5.75 Å². The molecule has 0 aromatic heterocycles. The summed E-state index contributed by atoms with van der Waals surface area (Å²) in [5.74, 6) is 0.592. The molecule has 4 heteroatoms. The summed E-state index contributed by atoms with van der Waals surface area (Å²) < 4.78 is 5.64. The van der Waals surface area contributed by atoms with E-state index in [1.165, 1.54) is 12.8 Å². The van der Waals surface area contributed by atoms with E-state index in [1.54, 1.807) is 24.3 Å². The molecule has 0 saturated heterocycles. The minimum absolute atomic E-state index is 0.220. The van der Waals surface area contributed by atoms with Gasteiger partial charge in [0.05, 0.1) is 17.2 Å². The van der Waals surface area contributed by atoms with Crippen molar-refractivity contribution in [2.45, 2.75) is 26.2 Å². The summed E-state index contributed by atoms with van der Waals surface area (Å²) in [6.45, 7) is 2.88. The van der Waals surface area contributed by atoms with Gasteiger partial charge in [0.15, 0.2) is 0 Å². The van der Waals surface area contributed by atoms with Gasteiger partial charge < -0.3 is 10.1 Å². The maximum atomic E-state index is 12.1. The van der Waals surface area contributed by atoms with Crippen molar-refractivity contribution < 1.29 is 9.53 Å². The molecule has 2 aromatic rings. The fourth-order valence-electron chi connectivity index (χ4n) is 2.02. The highest BCUT2D eigenvalue weighted by Gasteiger charge is 2.09. The number of anilines is 1. The van der Waals surface area contributed by atoms with E-state index in [0.717, 1.165) is 18.8 Å². The highest BCUT2D eigenvalue weighted by Crippen LogP contribution is 2.19. The Bertz CT molecular complexity index is 611. The molecule has 1 N–H and O–H groups in total. The fraction of sp³-hybridized carbons (Fsp3) is 0.278. The smallest absolute Gasteiger partial charge is 0.257 e. The molecule has 22 heavy (non-hydrogen) atoms. The lowest BCUT2D eigenvalue weighted by Gasteiger charge is -2.09. The van der Waals surface area contributed by atoms with Crippen LogP contribution < -0.4 is 10.1 Å². The van der Waals surface area contributed by atoms with Gasteiger partial charge in [-0.05, 0) is 42.8 Å². The number of amides is 1. The van der Waals surface area contributed by atoms with Gasteiger partial charge in [-0.25, -0.2) is 0 Å². The number of carbonyl (C=O) groups excluding carboxylic acids is 1. The molecule has 0 heterocycles. The number of hydrogen-bond donors (Lipinski definition) is 1. The molecule has 0 spiro atoms. The third-order valence-corrected chi connectivity index (χ3v) is 3.58. The Balaban J connectivity index is 1.91. The number of ether oxygens (including phenoxy) is 1. The Morgan fingerprint density at radius 2 is 1.82 bits per heavy atom. The molecule has 116 valence electrons. The van der Waals surface area contributed by atoms with Gasteiger partial charge in [-0.15, -0.1) is 0 Å². The van der Waals surface area contributed by atoms with Crippen LogP contribution >= 0.6 is 11.6 Å². The second-order valence-corrected chi connectivity index (χ2v) is 5.42. The number of halogens is 1. The lowest BCUT2D eigenvalue weighted by Crippen LogP contribution is -2.12. The van der Waals surface area contributed by atoms with Crippen molar-refractivity contribution in [2.75, 3.05) is 11.9 Å². The first-order valence-electron chi connectivity index (χ1n) is 7.49. The predicted molar refractivity (Wildman–Crippen MR) is 90.9 cm³/mol. The van der Waals surface area contributed by atoms with E-state index in [4.69, 9.17) is 16.3 Å². The molecular formula is C18H20ClNO2. The van der Waals surface area contributed by atoms with Crippen LogP contribution in [0.1, 0.15) is 36.5 Å². The van der Waals surface area contributed by atoms with Gasteiger partial charge in [0.2, 0.25) is 0 Å². The third-order valence-electron chi connectivity index (χ3n) is 3.25. The van der Waals surface area contributed by atoms with E-state index < -0.39 is 0 Å². The number of unbranched alkanes of at least 4 members (excludes halogenated alkanes) is 2. The molecule has 0 aliphatic heterocycles. The van der Waals surface area contributed by atoms with Gasteiger partial charge in [0, 0.05) is 5.69 Å². The van der Waals surface area contributed by atoms with Crippen LogP contribution in [0.2, 0.25) is 5.02 Å². The number of nitrogens with one attached hydrogen (secondary N) is 1. The summed E-state index contributed by atoms with van der Waals surface area (Å²) in [7, 11) is 0. The van der Waals surface area contributed by atoms with Crippen LogP contribution in [0, 0.1) is 0 Å². The highest BCUT2D eigenvalue weighted by molar-refractivity contribution is 6.34. The molecule has 2 rings (SSSR count). The van der Waals surface area contributed by atoms with E-state index in [-0.39, 0.29) is 5.91 Å².